The summed E-state index contributed by atoms with van der Waals surface area (Å²) in [4.78, 5) is 21.5. The maximum Gasteiger partial charge on any atom is 0.336 e. The average molecular weight is 206 g/mol. The topological polar surface area (TPSA) is 74.6 Å². The number of carboxylic acids is 2. The van der Waals surface area contributed by atoms with Gasteiger partial charge in [0.25, 0.3) is 0 Å². The fraction of sp³-hybridized carbons (Fsp3) is 0.0909. The lowest BCUT2D eigenvalue weighted by Gasteiger charge is -2.02. The number of hydrogen-bond acceptors (Lipinski definition) is 2. The van der Waals surface area contributed by atoms with Gasteiger partial charge in [-0.2, -0.15) is 0 Å². The molecular weight excluding hydrogens is 196 g/mol. The lowest BCUT2D eigenvalue weighted by Crippen LogP contribution is -2.03. The van der Waals surface area contributed by atoms with Crippen LogP contribution in [0, 0.1) is 0 Å². The molecule has 0 aliphatic carbocycles. The van der Waals surface area contributed by atoms with Gasteiger partial charge in [0.15, 0.2) is 0 Å². The second-order valence-corrected chi connectivity index (χ2v) is 2.91. The minimum absolute atomic E-state index is 0.0769. The maximum absolute atomic E-state index is 10.8. The van der Waals surface area contributed by atoms with E-state index in [2.05, 4.69) is 0 Å². The molecule has 15 heavy (non-hydrogen) atoms. The van der Waals surface area contributed by atoms with Crippen LogP contribution in [0.4, 0.5) is 0 Å². The number of carbonyl (C=O) groups is 2. The van der Waals surface area contributed by atoms with Crippen molar-refractivity contribution < 1.29 is 19.8 Å². The molecule has 4 nitrogen and oxygen atoms in total. The molecule has 0 amide bonds. The quantitative estimate of drug-likeness (QED) is 0.794. The Kier molecular flexibility index (Phi) is 3.23. The first-order valence-corrected chi connectivity index (χ1v) is 4.29. The highest BCUT2D eigenvalue weighted by Crippen LogP contribution is 2.14. The molecule has 0 aromatic heterocycles. The highest BCUT2D eigenvalue weighted by atomic mass is 16.4. The molecule has 0 saturated carbocycles. The van der Waals surface area contributed by atoms with Gasteiger partial charge >= 0.3 is 11.9 Å². The zero-order chi connectivity index (χ0) is 11.4. The predicted octanol–water partition coefficient (Wildman–Crippen LogP) is 2.12. The van der Waals surface area contributed by atoms with Gasteiger partial charge in [0.2, 0.25) is 0 Å². The van der Waals surface area contributed by atoms with E-state index < -0.39 is 11.9 Å². The van der Waals surface area contributed by atoms with Crippen LogP contribution in [0.3, 0.4) is 0 Å². The minimum atomic E-state index is -1.07. The van der Waals surface area contributed by atoms with Crippen molar-refractivity contribution in [2.45, 2.75) is 6.92 Å². The smallest absolute Gasteiger partial charge is 0.336 e. The van der Waals surface area contributed by atoms with E-state index in [1.54, 1.807) is 19.1 Å². The summed E-state index contributed by atoms with van der Waals surface area (Å²) in [6.45, 7) is 1.74. The molecular formula is C11H10O4. The van der Waals surface area contributed by atoms with Crippen molar-refractivity contribution >= 4 is 18.0 Å². The first-order chi connectivity index (χ1) is 7.06. The molecule has 0 aliphatic rings. The Labute approximate surface area is 86.5 Å². The molecule has 0 spiro atoms. The van der Waals surface area contributed by atoms with Crippen LogP contribution in [0.25, 0.3) is 6.08 Å². The highest BCUT2D eigenvalue weighted by molar-refractivity contribution is 5.95. The minimum Gasteiger partial charge on any atom is -0.478 e. The third kappa shape index (κ3) is 2.43. The zero-order valence-corrected chi connectivity index (χ0v) is 8.10. The van der Waals surface area contributed by atoms with Gasteiger partial charge in [-0.3, -0.25) is 0 Å². The first kappa shape index (κ1) is 11.0. The Hall–Kier alpha value is -2.10. The first-order valence-electron chi connectivity index (χ1n) is 4.29. The van der Waals surface area contributed by atoms with E-state index in [1.807, 2.05) is 0 Å². The summed E-state index contributed by atoms with van der Waals surface area (Å²) in [6, 6.07) is 3.91. The van der Waals surface area contributed by atoms with Crippen molar-refractivity contribution in [2.24, 2.45) is 0 Å². The number of rotatable bonds is 3. The van der Waals surface area contributed by atoms with E-state index in [1.165, 1.54) is 18.2 Å². The van der Waals surface area contributed by atoms with Crippen LogP contribution in [-0.2, 0) is 0 Å². The van der Waals surface area contributed by atoms with Crippen LogP contribution in [0.2, 0.25) is 0 Å². The number of benzene rings is 1. The van der Waals surface area contributed by atoms with Gasteiger partial charge in [0.05, 0.1) is 11.1 Å². The fourth-order valence-electron chi connectivity index (χ4n) is 1.21. The van der Waals surface area contributed by atoms with Crippen LogP contribution in [-0.4, -0.2) is 22.2 Å². The molecule has 0 aliphatic heterocycles. The Morgan fingerprint density at radius 3 is 2.33 bits per heavy atom. The number of hydrogen-bond donors (Lipinski definition) is 2. The fourth-order valence-corrected chi connectivity index (χ4v) is 1.21. The van der Waals surface area contributed by atoms with E-state index in [0.717, 1.165) is 0 Å². The van der Waals surface area contributed by atoms with Crippen molar-refractivity contribution in [3.63, 3.8) is 0 Å². The summed E-state index contributed by atoms with van der Waals surface area (Å²) in [5.74, 6) is -2.14. The number of allylic oxidation sites excluding steroid dienone is 1. The van der Waals surface area contributed by atoms with Gasteiger partial charge in [-0.15, -0.1) is 0 Å². The van der Waals surface area contributed by atoms with Gasteiger partial charge in [0.1, 0.15) is 0 Å². The van der Waals surface area contributed by atoms with E-state index in [4.69, 9.17) is 10.2 Å². The second-order valence-electron chi connectivity index (χ2n) is 2.91. The van der Waals surface area contributed by atoms with E-state index in [0.29, 0.717) is 5.56 Å². The third-order valence-corrected chi connectivity index (χ3v) is 1.88. The monoisotopic (exact) mass is 206 g/mol. The highest BCUT2D eigenvalue weighted by Gasteiger charge is 2.11. The van der Waals surface area contributed by atoms with E-state index in [9.17, 15) is 9.59 Å². The van der Waals surface area contributed by atoms with Gasteiger partial charge in [-0.25, -0.2) is 9.59 Å². The summed E-state index contributed by atoms with van der Waals surface area (Å²) in [5.41, 5.74) is 0.566. The Balaban J connectivity index is 3.32. The second kappa shape index (κ2) is 4.41. The molecule has 78 valence electrons. The lowest BCUT2D eigenvalue weighted by molar-refractivity contribution is 0.0681. The van der Waals surface area contributed by atoms with Crippen LogP contribution in [0.15, 0.2) is 24.3 Å². The van der Waals surface area contributed by atoms with Crippen molar-refractivity contribution in [3.8, 4) is 0 Å². The zero-order valence-electron chi connectivity index (χ0n) is 8.10. The summed E-state index contributed by atoms with van der Waals surface area (Å²) < 4.78 is 0. The summed E-state index contributed by atoms with van der Waals surface area (Å²) >= 11 is 0. The lowest BCUT2D eigenvalue weighted by atomic mass is 10.0. The Morgan fingerprint density at radius 2 is 1.87 bits per heavy atom. The predicted molar refractivity (Wildman–Crippen MR) is 55.1 cm³/mol. The molecule has 0 fully saturated rings. The number of aromatic carboxylic acids is 2. The van der Waals surface area contributed by atoms with E-state index in [-0.39, 0.29) is 11.1 Å². The summed E-state index contributed by atoms with van der Waals surface area (Å²) in [7, 11) is 0. The molecule has 0 unspecified atom stereocenters. The van der Waals surface area contributed by atoms with Crippen LogP contribution in [0.5, 0.6) is 0 Å². The molecule has 1 aromatic rings. The van der Waals surface area contributed by atoms with Crippen molar-refractivity contribution in [2.75, 3.05) is 0 Å². The van der Waals surface area contributed by atoms with Crippen molar-refractivity contribution in [1.29, 1.82) is 0 Å². The molecule has 0 heterocycles. The number of carboxylic acid groups (broad SMARTS) is 2. The van der Waals surface area contributed by atoms with Crippen molar-refractivity contribution in [3.05, 3.63) is 41.0 Å². The van der Waals surface area contributed by atoms with Gasteiger partial charge < -0.3 is 10.2 Å². The van der Waals surface area contributed by atoms with Gasteiger partial charge in [-0.1, -0.05) is 12.2 Å². The average Bonchev–Trinajstić information content (AvgIpc) is 2.17. The Morgan fingerprint density at radius 1 is 1.20 bits per heavy atom. The molecule has 0 radical (unpaired) electrons. The molecule has 4 heteroatoms. The van der Waals surface area contributed by atoms with E-state index >= 15 is 0 Å². The molecule has 1 rings (SSSR count). The molecule has 1 aromatic carbocycles. The standard InChI is InChI=1S/C11H10O4/c1-2-3-7-6-8(10(12)13)4-5-9(7)11(14)15/h2-6H,1H3,(H,12,13)(H,14,15)/b3-2-. The normalized spacial score (nSPS) is 10.5. The molecule has 0 bridgehead atoms. The molecule has 0 atom stereocenters. The summed E-state index contributed by atoms with van der Waals surface area (Å²) in [5, 5.41) is 17.6. The SMILES string of the molecule is C/C=C\c1cc(C(=O)O)ccc1C(=O)O. The maximum atomic E-state index is 10.8. The van der Waals surface area contributed by atoms with Gasteiger partial charge in [0, 0.05) is 0 Å². The Bertz CT molecular complexity index is 432. The van der Waals surface area contributed by atoms with Crippen LogP contribution in [0.1, 0.15) is 33.2 Å². The van der Waals surface area contributed by atoms with Crippen molar-refractivity contribution in [1.82, 2.24) is 0 Å². The third-order valence-electron chi connectivity index (χ3n) is 1.88. The largest absolute Gasteiger partial charge is 0.478 e. The van der Waals surface area contributed by atoms with Crippen LogP contribution >= 0.6 is 0 Å². The van der Waals surface area contributed by atoms with Gasteiger partial charge in [-0.05, 0) is 30.7 Å². The molecule has 2 N–H and O–H groups in total. The van der Waals surface area contributed by atoms with Crippen LogP contribution < -0.4 is 0 Å². The molecule has 0 saturated heterocycles. The summed E-state index contributed by atoms with van der Waals surface area (Å²) in [6.07, 6.45) is 3.23.